The van der Waals surface area contributed by atoms with E-state index in [1.807, 2.05) is 95.9 Å². The maximum absolute atomic E-state index is 12.9. The molecule has 0 saturated heterocycles. The van der Waals surface area contributed by atoms with E-state index < -0.39 is 0 Å². The van der Waals surface area contributed by atoms with Crippen molar-refractivity contribution in [2.24, 2.45) is 0 Å². The average molecular weight is 482 g/mol. The summed E-state index contributed by atoms with van der Waals surface area (Å²) in [5.41, 5.74) is 5.12. The van der Waals surface area contributed by atoms with E-state index in [2.05, 4.69) is 25.6 Å². The molecular formula is C26H23N7OS. The van der Waals surface area contributed by atoms with E-state index in [9.17, 15) is 4.79 Å². The van der Waals surface area contributed by atoms with Gasteiger partial charge in [0.15, 0.2) is 11.0 Å². The molecule has 0 aliphatic heterocycles. The molecule has 0 aliphatic carbocycles. The maximum Gasteiger partial charge on any atom is 0.234 e. The summed E-state index contributed by atoms with van der Waals surface area (Å²) in [6, 6.07) is 23.5. The van der Waals surface area contributed by atoms with E-state index in [0.717, 1.165) is 34.0 Å². The quantitative estimate of drug-likeness (QED) is 0.334. The van der Waals surface area contributed by atoms with Crippen molar-refractivity contribution in [1.82, 2.24) is 29.5 Å². The van der Waals surface area contributed by atoms with Crippen molar-refractivity contribution in [1.29, 1.82) is 0 Å². The molecule has 0 saturated carbocycles. The van der Waals surface area contributed by atoms with Gasteiger partial charge in [0.2, 0.25) is 5.91 Å². The van der Waals surface area contributed by atoms with Crippen LogP contribution in [-0.2, 0) is 4.79 Å². The summed E-state index contributed by atoms with van der Waals surface area (Å²) in [6.45, 7) is 3.84. The molecule has 0 bridgehead atoms. The molecule has 3 heterocycles. The summed E-state index contributed by atoms with van der Waals surface area (Å²) in [5.74, 6) is 0.732. The highest BCUT2D eigenvalue weighted by Crippen LogP contribution is 2.28. The molecule has 0 spiro atoms. The fourth-order valence-corrected chi connectivity index (χ4v) is 4.56. The van der Waals surface area contributed by atoms with Crippen molar-refractivity contribution in [3.05, 3.63) is 96.6 Å². The first-order valence-corrected chi connectivity index (χ1v) is 12.1. The monoisotopic (exact) mass is 481 g/mol. The van der Waals surface area contributed by atoms with E-state index >= 15 is 0 Å². The number of aryl methyl sites for hydroxylation is 1. The summed E-state index contributed by atoms with van der Waals surface area (Å²) in [7, 11) is 0. The Kier molecular flexibility index (Phi) is 6.40. The van der Waals surface area contributed by atoms with Crippen LogP contribution in [0.15, 0.2) is 90.3 Å². The van der Waals surface area contributed by atoms with Crippen LogP contribution in [-0.4, -0.2) is 41.2 Å². The van der Waals surface area contributed by atoms with Gasteiger partial charge in [0.25, 0.3) is 0 Å². The zero-order valence-corrected chi connectivity index (χ0v) is 20.1. The smallest absolute Gasteiger partial charge is 0.234 e. The van der Waals surface area contributed by atoms with E-state index in [4.69, 9.17) is 0 Å². The first-order chi connectivity index (χ1) is 17.1. The minimum atomic E-state index is -0.137. The number of rotatable bonds is 7. The van der Waals surface area contributed by atoms with Gasteiger partial charge in [-0.2, -0.15) is 5.10 Å². The molecule has 0 atom stereocenters. The highest BCUT2D eigenvalue weighted by molar-refractivity contribution is 7.99. The molecule has 0 aliphatic rings. The maximum atomic E-state index is 12.9. The SMILES string of the molecule is Cc1nn(-c2ccccc2)c(C)c1NC(=O)CSc1nnc(-c2ccncc2)n1-c1ccccc1. The largest absolute Gasteiger partial charge is 0.322 e. The van der Waals surface area contributed by atoms with Crippen molar-refractivity contribution in [2.45, 2.75) is 19.0 Å². The fourth-order valence-electron chi connectivity index (χ4n) is 3.81. The number of thioether (sulfide) groups is 1. The Morgan fingerprint density at radius 1 is 0.886 bits per heavy atom. The number of nitrogens with one attached hydrogen (secondary N) is 1. The molecular weight excluding hydrogens is 458 g/mol. The number of pyridine rings is 1. The molecule has 0 radical (unpaired) electrons. The van der Waals surface area contributed by atoms with Crippen molar-refractivity contribution in [3.8, 4) is 22.8 Å². The van der Waals surface area contributed by atoms with Crippen LogP contribution in [0.3, 0.4) is 0 Å². The van der Waals surface area contributed by atoms with E-state index in [1.54, 1.807) is 12.4 Å². The number of aromatic nitrogens is 6. The van der Waals surface area contributed by atoms with Crippen molar-refractivity contribution in [3.63, 3.8) is 0 Å². The van der Waals surface area contributed by atoms with Crippen molar-refractivity contribution < 1.29 is 4.79 Å². The number of carbonyl (C=O) groups is 1. The first-order valence-electron chi connectivity index (χ1n) is 11.1. The topological polar surface area (TPSA) is 90.5 Å². The zero-order valence-electron chi connectivity index (χ0n) is 19.3. The third-order valence-corrected chi connectivity index (χ3v) is 6.40. The van der Waals surface area contributed by atoms with Crippen LogP contribution < -0.4 is 5.32 Å². The fraction of sp³-hybridized carbons (Fsp3) is 0.115. The van der Waals surface area contributed by atoms with Crippen LogP contribution in [0.4, 0.5) is 5.69 Å². The molecule has 174 valence electrons. The molecule has 5 aromatic rings. The minimum absolute atomic E-state index is 0.137. The van der Waals surface area contributed by atoms with Crippen LogP contribution in [0, 0.1) is 13.8 Å². The van der Waals surface area contributed by atoms with Gasteiger partial charge in [0.05, 0.1) is 28.5 Å². The molecule has 8 nitrogen and oxygen atoms in total. The first kappa shape index (κ1) is 22.5. The Balaban J connectivity index is 1.37. The van der Waals surface area contributed by atoms with Crippen LogP contribution >= 0.6 is 11.8 Å². The lowest BCUT2D eigenvalue weighted by molar-refractivity contribution is -0.113. The molecule has 0 fully saturated rings. The Morgan fingerprint density at radius 2 is 1.54 bits per heavy atom. The summed E-state index contributed by atoms with van der Waals surface area (Å²) in [6.07, 6.45) is 3.44. The number of amides is 1. The Morgan fingerprint density at radius 3 is 2.23 bits per heavy atom. The van der Waals surface area contributed by atoms with E-state index in [-0.39, 0.29) is 11.7 Å². The zero-order chi connectivity index (χ0) is 24.2. The summed E-state index contributed by atoms with van der Waals surface area (Å²) in [4.78, 5) is 17.0. The third kappa shape index (κ3) is 4.71. The highest BCUT2D eigenvalue weighted by atomic mass is 32.2. The van der Waals surface area contributed by atoms with Gasteiger partial charge >= 0.3 is 0 Å². The lowest BCUT2D eigenvalue weighted by atomic mass is 10.2. The summed E-state index contributed by atoms with van der Waals surface area (Å²) >= 11 is 1.33. The van der Waals surface area contributed by atoms with Gasteiger partial charge in [0, 0.05) is 23.6 Å². The molecule has 5 rings (SSSR count). The summed E-state index contributed by atoms with van der Waals surface area (Å²) in [5, 5.41) is 17.1. The Bertz CT molecular complexity index is 1450. The second-order valence-corrected chi connectivity index (χ2v) is 8.79. The number of carbonyl (C=O) groups excluding carboxylic acids is 1. The normalized spacial score (nSPS) is 10.9. The number of para-hydroxylation sites is 2. The van der Waals surface area contributed by atoms with Crippen LogP contribution in [0.1, 0.15) is 11.4 Å². The molecule has 3 aromatic heterocycles. The predicted octanol–water partition coefficient (Wildman–Crippen LogP) is 4.86. The minimum Gasteiger partial charge on any atom is -0.322 e. The van der Waals surface area contributed by atoms with E-state index in [1.165, 1.54) is 11.8 Å². The summed E-state index contributed by atoms with van der Waals surface area (Å²) < 4.78 is 3.79. The van der Waals surface area contributed by atoms with Gasteiger partial charge in [0.1, 0.15) is 0 Å². The number of hydrogen-bond donors (Lipinski definition) is 1. The number of hydrogen-bond acceptors (Lipinski definition) is 6. The lowest BCUT2D eigenvalue weighted by Gasteiger charge is -2.10. The second kappa shape index (κ2) is 9.94. The Hall–Kier alpha value is -4.24. The molecule has 9 heteroatoms. The molecule has 0 unspecified atom stereocenters. The second-order valence-electron chi connectivity index (χ2n) is 7.84. The van der Waals surface area contributed by atoms with Crippen LogP contribution in [0.5, 0.6) is 0 Å². The van der Waals surface area contributed by atoms with Gasteiger partial charge in [-0.3, -0.25) is 14.3 Å². The standard InChI is InChI=1S/C26H23N7OS/c1-18-24(19(2)33(31-18)22-11-7-4-8-12-22)28-23(34)17-35-26-30-29-25(20-13-15-27-16-14-20)32(26)21-9-5-3-6-10-21/h3-16H,17H2,1-2H3,(H,28,34). The van der Waals surface area contributed by atoms with Gasteiger partial charge in [-0.25, -0.2) is 4.68 Å². The van der Waals surface area contributed by atoms with Crippen molar-refractivity contribution >= 4 is 23.4 Å². The molecule has 1 N–H and O–H groups in total. The molecule has 2 aromatic carbocycles. The van der Waals surface area contributed by atoms with Gasteiger partial charge in [-0.1, -0.05) is 48.2 Å². The predicted molar refractivity (Wildman–Crippen MR) is 137 cm³/mol. The molecule has 35 heavy (non-hydrogen) atoms. The molecule has 1 amide bonds. The van der Waals surface area contributed by atoms with Crippen molar-refractivity contribution in [2.75, 3.05) is 11.1 Å². The number of benzene rings is 2. The number of nitrogens with zero attached hydrogens (tertiary/aromatic N) is 6. The van der Waals surface area contributed by atoms with Crippen LogP contribution in [0.25, 0.3) is 22.8 Å². The van der Waals surface area contributed by atoms with Crippen LogP contribution in [0.2, 0.25) is 0 Å². The van der Waals surface area contributed by atoms with Gasteiger partial charge < -0.3 is 5.32 Å². The van der Waals surface area contributed by atoms with Gasteiger partial charge in [-0.15, -0.1) is 10.2 Å². The Labute approximate surface area is 207 Å². The lowest BCUT2D eigenvalue weighted by Crippen LogP contribution is -2.15. The van der Waals surface area contributed by atoms with E-state index in [0.29, 0.717) is 11.0 Å². The van der Waals surface area contributed by atoms with Gasteiger partial charge in [-0.05, 0) is 50.2 Å². The third-order valence-electron chi connectivity index (χ3n) is 5.48. The average Bonchev–Trinajstić information content (AvgIpc) is 3.45. The highest BCUT2D eigenvalue weighted by Gasteiger charge is 2.19. The number of anilines is 1.